The second-order valence-corrected chi connectivity index (χ2v) is 8.27. The van der Waals surface area contributed by atoms with Gasteiger partial charge in [0.1, 0.15) is 23.7 Å². The molecule has 1 aliphatic rings. The Bertz CT molecular complexity index is 1140. The van der Waals surface area contributed by atoms with Crippen LogP contribution in [0.2, 0.25) is 0 Å². The molecule has 36 heavy (non-hydrogen) atoms. The Balaban J connectivity index is 1.90. The number of benzene rings is 2. The zero-order chi connectivity index (χ0) is 26.2. The van der Waals surface area contributed by atoms with Crippen LogP contribution in [0.1, 0.15) is 27.9 Å². The second-order valence-electron chi connectivity index (χ2n) is 8.27. The number of aliphatic hydroxyl groups excluding tert-OH is 1. The van der Waals surface area contributed by atoms with Crippen LogP contribution in [-0.4, -0.2) is 68.1 Å². The van der Waals surface area contributed by atoms with E-state index in [2.05, 4.69) is 5.92 Å². The van der Waals surface area contributed by atoms with Crippen LogP contribution in [0.25, 0.3) is 0 Å². The lowest BCUT2D eigenvalue weighted by Crippen LogP contribution is -2.47. The Morgan fingerprint density at radius 2 is 1.92 bits per heavy atom. The third kappa shape index (κ3) is 5.78. The fourth-order valence-corrected chi connectivity index (χ4v) is 4.25. The van der Waals surface area contributed by atoms with Gasteiger partial charge in [-0.3, -0.25) is 4.79 Å². The van der Waals surface area contributed by atoms with E-state index in [0.717, 1.165) is 10.5 Å². The molecule has 1 saturated heterocycles. The number of hydrogen-bond acceptors (Lipinski definition) is 8. The summed E-state index contributed by atoms with van der Waals surface area (Å²) in [6.07, 6.45) is 3.52. The number of imide groups is 1. The molecule has 0 saturated carbocycles. The number of aliphatic hydroxyl groups is 1. The maximum absolute atomic E-state index is 13.5. The Morgan fingerprint density at radius 3 is 2.53 bits per heavy atom. The number of nitrogens with zero attached hydrogens (tertiary/aromatic N) is 1. The molecule has 0 aromatic heterocycles. The van der Waals surface area contributed by atoms with E-state index >= 15 is 0 Å². The lowest BCUT2D eigenvalue weighted by Gasteiger charge is -2.27. The molecule has 3 rings (SSSR count). The summed E-state index contributed by atoms with van der Waals surface area (Å²) >= 11 is 0. The molecule has 1 aliphatic heterocycles. The maximum Gasteiger partial charge on any atom is 0.416 e. The first-order chi connectivity index (χ1) is 17.3. The van der Waals surface area contributed by atoms with E-state index in [1.165, 1.54) is 27.4 Å². The van der Waals surface area contributed by atoms with Gasteiger partial charge in [0.25, 0.3) is 0 Å². The molecular weight excluding hydrogens is 466 g/mol. The topological polar surface area (TPSA) is 112 Å². The minimum atomic E-state index is -1.33. The molecule has 0 aliphatic carbocycles. The number of rotatable bonds is 10. The van der Waals surface area contributed by atoms with Crippen LogP contribution in [0.15, 0.2) is 42.5 Å². The first-order valence-corrected chi connectivity index (χ1v) is 11.3. The summed E-state index contributed by atoms with van der Waals surface area (Å²) in [5, 5.41) is 11.2. The van der Waals surface area contributed by atoms with Crippen LogP contribution in [-0.2, 0) is 27.1 Å². The Morgan fingerprint density at radius 1 is 1.19 bits per heavy atom. The summed E-state index contributed by atoms with van der Waals surface area (Å²) in [5.41, 5.74) is 1.36. The van der Waals surface area contributed by atoms with Crippen LogP contribution in [0.4, 0.5) is 4.79 Å². The summed E-state index contributed by atoms with van der Waals surface area (Å²) in [4.78, 5) is 39.6. The average molecular weight is 496 g/mol. The number of carbonyl (C=O) groups is 3. The lowest BCUT2D eigenvalue weighted by molar-refractivity contribution is -0.136. The van der Waals surface area contributed by atoms with Gasteiger partial charge < -0.3 is 24.1 Å². The van der Waals surface area contributed by atoms with E-state index in [9.17, 15) is 19.5 Å². The molecule has 2 aromatic rings. The van der Waals surface area contributed by atoms with Crippen molar-refractivity contribution in [2.75, 3.05) is 27.9 Å². The largest absolute Gasteiger partial charge is 0.497 e. The van der Waals surface area contributed by atoms with Gasteiger partial charge >= 0.3 is 12.1 Å². The van der Waals surface area contributed by atoms with Crippen molar-refractivity contribution < 1.29 is 38.4 Å². The number of carbonyl (C=O) groups excluding carboxylic acids is 3. The molecule has 9 nitrogen and oxygen atoms in total. The summed E-state index contributed by atoms with van der Waals surface area (Å²) in [5.74, 6) is 0.540. The minimum absolute atomic E-state index is 0.0396. The van der Waals surface area contributed by atoms with Crippen molar-refractivity contribution in [2.24, 2.45) is 5.92 Å². The molecule has 1 N–H and O–H groups in total. The first kappa shape index (κ1) is 26.6. The molecule has 9 heteroatoms. The van der Waals surface area contributed by atoms with Crippen molar-refractivity contribution >= 4 is 18.0 Å². The molecule has 190 valence electrons. The molecule has 0 bridgehead atoms. The molecule has 2 amide bonds. The minimum Gasteiger partial charge on any atom is -0.497 e. The first-order valence-electron chi connectivity index (χ1n) is 11.3. The molecule has 0 unspecified atom stereocenters. The standard InChI is InChI=1S/C27H29NO8/c1-5-9-21(25(30)28-19(16-36-27(28)32)12-17-10-7-6-8-11-17)22(29)14-18-13-20(33-2)15-23(34-3)24(18)26(31)35-4/h1,6-8,10-11,13,15,19,21-22,29H,9,12,14,16H2,2-4H3/t19-,21-,22+/m0/s1. The SMILES string of the molecule is C#CC[C@H](C(=O)N1C(=O)OC[C@@H]1Cc1ccccc1)[C@H](O)Cc1cc(OC)cc(OC)c1C(=O)OC. The summed E-state index contributed by atoms with van der Waals surface area (Å²) < 4.78 is 20.7. The molecular formula is C27H29NO8. The van der Waals surface area contributed by atoms with E-state index in [1.807, 2.05) is 30.3 Å². The zero-order valence-corrected chi connectivity index (χ0v) is 20.4. The highest BCUT2D eigenvalue weighted by Crippen LogP contribution is 2.32. The maximum atomic E-state index is 13.5. The van der Waals surface area contributed by atoms with Gasteiger partial charge in [-0.2, -0.15) is 0 Å². The van der Waals surface area contributed by atoms with Crippen molar-refractivity contribution in [3.05, 3.63) is 59.2 Å². The van der Waals surface area contributed by atoms with Gasteiger partial charge in [0, 0.05) is 18.9 Å². The molecule has 2 aromatic carbocycles. The Labute approximate surface area is 209 Å². The van der Waals surface area contributed by atoms with Crippen LogP contribution in [0.5, 0.6) is 11.5 Å². The lowest BCUT2D eigenvalue weighted by atomic mass is 9.89. The molecule has 3 atom stereocenters. The number of ether oxygens (including phenoxy) is 4. The monoisotopic (exact) mass is 495 g/mol. The van der Waals surface area contributed by atoms with E-state index in [1.54, 1.807) is 6.07 Å². The molecule has 1 heterocycles. The smallest absolute Gasteiger partial charge is 0.416 e. The summed E-state index contributed by atoms with van der Waals surface area (Å²) in [6, 6.07) is 11.9. The number of esters is 1. The quantitative estimate of drug-likeness (QED) is 0.396. The number of cyclic esters (lactones) is 1. The highest BCUT2D eigenvalue weighted by atomic mass is 16.6. The van der Waals surface area contributed by atoms with Gasteiger partial charge in [0.05, 0.1) is 39.4 Å². The normalized spacial score (nSPS) is 16.5. The van der Waals surface area contributed by atoms with Crippen LogP contribution in [0.3, 0.4) is 0 Å². The van der Waals surface area contributed by atoms with Crippen LogP contribution < -0.4 is 9.47 Å². The number of methoxy groups -OCH3 is 3. The van der Waals surface area contributed by atoms with Crippen molar-refractivity contribution in [3.8, 4) is 23.8 Å². The third-order valence-electron chi connectivity index (χ3n) is 6.06. The number of amides is 2. The van der Waals surface area contributed by atoms with Gasteiger partial charge in [0.15, 0.2) is 0 Å². The zero-order valence-electron chi connectivity index (χ0n) is 20.4. The van der Waals surface area contributed by atoms with Gasteiger partial charge in [-0.1, -0.05) is 30.3 Å². The van der Waals surface area contributed by atoms with Gasteiger partial charge in [-0.05, 0) is 23.6 Å². The number of terminal acetylenes is 1. The van der Waals surface area contributed by atoms with E-state index < -0.39 is 36.0 Å². The molecule has 1 fully saturated rings. The number of hydrogen-bond donors (Lipinski definition) is 1. The Kier molecular flexibility index (Phi) is 8.92. The summed E-state index contributed by atoms with van der Waals surface area (Å²) in [7, 11) is 4.06. The average Bonchev–Trinajstić information content (AvgIpc) is 3.25. The van der Waals surface area contributed by atoms with Crippen molar-refractivity contribution in [1.82, 2.24) is 4.90 Å². The second kappa shape index (κ2) is 12.1. The summed E-state index contributed by atoms with van der Waals surface area (Å²) in [6.45, 7) is 0.0396. The Hall–Kier alpha value is -4.03. The van der Waals surface area contributed by atoms with E-state index in [-0.39, 0.29) is 30.8 Å². The van der Waals surface area contributed by atoms with Crippen molar-refractivity contribution in [2.45, 2.75) is 31.4 Å². The van der Waals surface area contributed by atoms with E-state index in [0.29, 0.717) is 17.7 Å². The molecule has 0 spiro atoms. The highest BCUT2D eigenvalue weighted by Gasteiger charge is 2.42. The van der Waals surface area contributed by atoms with Gasteiger partial charge in [0.2, 0.25) is 5.91 Å². The highest BCUT2D eigenvalue weighted by molar-refractivity contribution is 5.96. The van der Waals surface area contributed by atoms with Crippen molar-refractivity contribution in [3.63, 3.8) is 0 Å². The van der Waals surface area contributed by atoms with Crippen LogP contribution in [0, 0.1) is 18.3 Å². The predicted molar refractivity (Wildman–Crippen MR) is 130 cm³/mol. The fraction of sp³-hybridized carbons (Fsp3) is 0.370. The predicted octanol–water partition coefficient (Wildman–Crippen LogP) is 2.62. The third-order valence-corrected chi connectivity index (χ3v) is 6.06. The van der Waals surface area contributed by atoms with Gasteiger partial charge in [-0.15, -0.1) is 12.3 Å². The van der Waals surface area contributed by atoms with Crippen LogP contribution >= 0.6 is 0 Å². The molecule has 0 radical (unpaired) electrons. The van der Waals surface area contributed by atoms with Gasteiger partial charge in [-0.25, -0.2) is 14.5 Å². The fourth-order valence-electron chi connectivity index (χ4n) is 4.25. The van der Waals surface area contributed by atoms with E-state index in [4.69, 9.17) is 25.4 Å². The van der Waals surface area contributed by atoms with Crippen molar-refractivity contribution in [1.29, 1.82) is 0 Å².